The number of rotatable bonds is 6. The normalized spacial score (nSPS) is 16.7. The molecule has 7 heteroatoms. The Kier molecular flexibility index (Phi) is 5.66. The van der Waals surface area contributed by atoms with E-state index in [2.05, 4.69) is 34.6 Å². The van der Waals surface area contributed by atoms with Crippen LogP contribution in [0.3, 0.4) is 0 Å². The van der Waals surface area contributed by atoms with Crippen LogP contribution in [0.2, 0.25) is 0 Å². The summed E-state index contributed by atoms with van der Waals surface area (Å²) in [5.41, 5.74) is 11.7. The number of carbonyl (C=O) groups is 1. The van der Waals surface area contributed by atoms with Gasteiger partial charge >= 0.3 is 0 Å². The molecular weight excluding hydrogens is 398 g/mol. The average molecular weight is 426 g/mol. The predicted molar refractivity (Wildman–Crippen MR) is 120 cm³/mol. The Balaban J connectivity index is 1.81. The molecule has 0 saturated carbocycles. The number of hydrogen-bond donors (Lipinski definition) is 3. The Morgan fingerprint density at radius 1 is 1.17 bits per heavy atom. The molecule has 0 unspecified atom stereocenters. The summed E-state index contributed by atoms with van der Waals surface area (Å²) >= 11 is 0. The second-order valence-electron chi connectivity index (χ2n) is 8.10. The highest BCUT2D eigenvalue weighted by molar-refractivity contribution is 7.91. The molecule has 0 spiro atoms. The van der Waals surface area contributed by atoms with Crippen LogP contribution in [0.5, 0.6) is 0 Å². The number of amides is 1. The zero-order chi connectivity index (χ0) is 21.3. The Hall–Kier alpha value is -2.64. The molecule has 1 fully saturated rings. The number of primary amides is 1. The summed E-state index contributed by atoms with van der Waals surface area (Å²) in [7, 11) is -1.01. The molecule has 1 amide bonds. The van der Waals surface area contributed by atoms with Gasteiger partial charge in [0.2, 0.25) is 5.91 Å². The first-order chi connectivity index (χ1) is 14.4. The molecule has 2 aromatic carbocycles. The second-order valence-corrected chi connectivity index (χ2v) is 10.4. The van der Waals surface area contributed by atoms with Crippen molar-refractivity contribution in [3.63, 3.8) is 0 Å². The van der Waals surface area contributed by atoms with Crippen LogP contribution < -0.4 is 11.1 Å². The average Bonchev–Trinajstić information content (AvgIpc) is 3.12. The first-order valence-electron chi connectivity index (χ1n) is 10.2. The van der Waals surface area contributed by atoms with Gasteiger partial charge in [-0.2, -0.15) is 0 Å². The minimum atomic E-state index is -2.92. The third-order valence-electron chi connectivity index (χ3n) is 5.90. The van der Waals surface area contributed by atoms with Crippen LogP contribution in [-0.2, 0) is 27.6 Å². The summed E-state index contributed by atoms with van der Waals surface area (Å²) in [6, 6.07) is 12.5. The van der Waals surface area contributed by atoms with Crippen LogP contribution in [0.4, 0.5) is 0 Å². The summed E-state index contributed by atoms with van der Waals surface area (Å²) < 4.78 is 23.7. The van der Waals surface area contributed by atoms with Gasteiger partial charge in [-0.1, -0.05) is 18.2 Å². The first kappa shape index (κ1) is 20.6. The van der Waals surface area contributed by atoms with Crippen molar-refractivity contribution in [1.82, 2.24) is 10.3 Å². The highest BCUT2D eigenvalue weighted by Crippen LogP contribution is 2.37. The van der Waals surface area contributed by atoms with Crippen molar-refractivity contribution in [1.29, 1.82) is 0 Å². The molecule has 1 aromatic heterocycles. The number of nitrogens with two attached hydrogens (primary N) is 1. The molecule has 0 radical (unpaired) electrons. The van der Waals surface area contributed by atoms with Gasteiger partial charge in [0.05, 0.1) is 17.9 Å². The highest BCUT2D eigenvalue weighted by Gasteiger charge is 2.27. The van der Waals surface area contributed by atoms with Gasteiger partial charge in [0.25, 0.3) is 0 Å². The number of aromatic nitrogens is 1. The number of hydrogen-bond acceptors (Lipinski definition) is 4. The van der Waals surface area contributed by atoms with E-state index in [4.69, 9.17) is 5.73 Å². The molecule has 4 rings (SSSR count). The molecule has 1 aliphatic heterocycles. The van der Waals surface area contributed by atoms with Crippen molar-refractivity contribution in [2.45, 2.75) is 31.7 Å². The molecule has 158 valence electrons. The lowest BCUT2D eigenvalue weighted by Gasteiger charge is -2.21. The molecule has 0 bridgehead atoms. The van der Waals surface area contributed by atoms with E-state index in [9.17, 15) is 13.2 Å². The van der Waals surface area contributed by atoms with Crippen LogP contribution in [0.25, 0.3) is 22.0 Å². The fraction of sp³-hybridized carbons (Fsp3) is 0.348. The Morgan fingerprint density at radius 3 is 2.63 bits per heavy atom. The van der Waals surface area contributed by atoms with E-state index in [0.717, 1.165) is 39.7 Å². The fourth-order valence-corrected chi connectivity index (χ4v) is 5.92. The lowest BCUT2D eigenvalue weighted by molar-refractivity contribution is -0.117. The van der Waals surface area contributed by atoms with Gasteiger partial charge in [0, 0.05) is 23.6 Å². The monoisotopic (exact) mass is 425 g/mol. The zero-order valence-corrected chi connectivity index (χ0v) is 17.9. The Bertz CT molecular complexity index is 1180. The predicted octanol–water partition coefficient (Wildman–Crippen LogP) is 2.87. The topological polar surface area (TPSA) is 105 Å². The smallest absolute Gasteiger partial charge is 0.221 e. The van der Waals surface area contributed by atoms with Crippen molar-refractivity contribution < 1.29 is 13.2 Å². The quantitative estimate of drug-likeness (QED) is 0.565. The van der Waals surface area contributed by atoms with Crippen LogP contribution in [0.1, 0.15) is 35.4 Å². The van der Waals surface area contributed by atoms with E-state index < -0.39 is 9.84 Å². The van der Waals surface area contributed by atoms with Crippen molar-refractivity contribution >= 4 is 26.6 Å². The molecular formula is C23H27N3O3S. The lowest BCUT2D eigenvalue weighted by Crippen LogP contribution is -2.22. The maximum absolute atomic E-state index is 11.9. The number of fused-ring (bicyclic) bond motifs is 1. The highest BCUT2D eigenvalue weighted by atomic mass is 32.2. The maximum atomic E-state index is 11.9. The molecule has 0 atom stereocenters. The van der Waals surface area contributed by atoms with Gasteiger partial charge in [-0.05, 0) is 71.8 Å². The summed E-state index contributed by atoms with van der Waals surface area (Å²) in [4.78, 5) is 15.0. The molecule has 6 nitrogen and oxygen atoms in total. The number of aromatic amines is 1. The van der Waals surface area contributed by atoms with E-state index >= 15 is 0 Å². The number of nitrogens with one attached hydrogen (secondary N) is 2. The molecule has 1 saturated heterocycles. The minimum absolute atomic E-state index is 0.152. The summed E-state index contributed by atoms with van der Waals surface area (Å²) in [6.07, 6.45) is 3.38. The summed E-state index contributed by atoms with van der Waals surface area (Å²) in [6.45, 7) is 0.774. The van der Waals surface area contributed by atoms with Crippen molar-refractivity contribution in [3.8, 4) is 11.1 Å². The van der Waals surface area contributed by atoms with E-state index in [0.29, 0.717) is 12.8 Å². The SMILES string of the molecule is CNCc1cccc(-c2cc(CC(N)=O)c3[nH]cc(C4CCS(=O)(=O)CC4)c3c2)c1. The van der Waals surface area contributed by atoms with Crippen molar-refractivity contribution in [2.75, 3.05) is 18.6 Å². The Labute approximate surface area is 176 Å². The van der Waals surface area contributed by atoms with Gasteiger partial charge in [-0.3, -0.25) is 4.79 Å². The largest absolute Gasteiger partial charge is 0.369 e. The second kappa shape index (κ2) is 8.24. The number of benzene rings is 2. The van der Waals surface area contributed by atoms with Gasteiger partial charge < -0.3 is 16.0 Å². The zero-order valence-electron chi connectivity index (χ0n) is 17.1. The van der Waals surface area contributed by atoms with E-state index in [1.165, 1.54) is 5.56 Å². The summed E-state index contributed by atoms with van der Waals surface area (Å²) in [5.74, 6) is 0.265. The lowest BCUT2D eigenvalue weighted by atomic mass is 9.90. The molecule has 0 aliphatic carbocycles. The van der Waals surface area contributed by atoms with E-state index in [1.807, 2.05) is 25.4 Å². The number of sulfone groups is 1. The number of carbonyl (C=O) groups excluding carboxylic acids is 1. The molecule has 2 heterocycles. The van der Waals surface area contributed by atoms with Crippen LogP contribution in [0, 0.1) is 0 Å². The number of H-pyrrole nitrogens is 1. The third kappa shape index (κ3) is 4.27. The molecule has 30 heavy (non-hydrogen) atoms. The molecule has 4 N–H and O–H groups in total. The minimum Gasteiger partial charge on any atom is -0.369 e. The third-order valence-corrected chi connectivity index (χ3v) is 7.62. The van der Waals surface area contributed by atoms with E-state index in [-0.39, 0.29) is 29.8 Å². The van der Waals surface area contributed by atoms with Crippen molar-refractivity contribution in [3.05, 3.63) is 59.3 Å². The molecule has 3 aromatic rings. The van der Waals surface area contributed by atoms with Gasteiger partial charge in [-0.25, -0.2) is 8.42 Å². The van der Waals surface area contributed by atoms with Gasteiger partial charge in [0.15, 0.2) is 0 Å². The summed E-state index contributed by atoms with van der Waals surface area (Å²) in [5, 5.41) is 4.22. The van der Waals surface area contributed by atoms with Crippen LogP contribution >= 0.6 is 0 Å². The van der Waals surface area contributed by atoms with Crippen molar-refractivity contribution in [2.24, 2.45) is 5.73 Å². The van der Waals surface area contributed by atoms with Crippen LogP contribution in [-0.4, -0.2) is 37.9 Å². The van der Waals surface area contributed by atoms with Gasteiger partial charge in [0.1, 0.15) is 9.84 Å². The van der Waals surface area contributed by atoms with Crippen LogP contribution in [0.15, 0.2) is 42.6 Å². The maximum Gasteiger partial charge on any atom is 0.221 e. The van der Waals surface area contributed by atoms with E-state index in [1.54, 1.807) is 0 Å². The fourth-order valence-electron chi connectivity index (χ4n) is 4.43. The Morgan fingerprint density at radius 2 is 1.93 bits per heavy atom. The molecule has 1 aliphatic rings. The standard InChI is InChI=1S/C23H27N3O3S/c1-25-13-15-3-2-4-17(9-15)18-10-19(12-22(24)27)23-20(11-18)21(14-26-23)16-5-7-30(28,29)8-6-16/h2-4,9-11,14,16,25-26H,5-8,12-13H2,1H3,(H2,24,27). The first-order valence-corrected chi connectivity index (χ1v) is 12.0. The van der Waals surface area contributed by atoms with Gasteiger partial charge in [-0.15, -0.1) is 0 Å².